The third-order valence-corrected chi connectivity index (χ3v) is 3.55. The van der Waals surface area contributed by atoms with Gasteiger partial charge in [-0.3, -0.25) is 0 Å². The van der Waals surface area contributed by atoms with Crippen molar-refractivity contribution in [3.05, 3.63) is 59.7 Å². The molecule has 0 fully saturated rings. The summed E-state index contributed by atoms with van der Waals surface area (Å²) in [5.74, 6) is 1.57. The minimum absolute atomic E-state index is 0.133. The van der Waals surface area contributed by atoms with E-state index in [9.17, 15) is 4.79 Å². The number of para-hydroxylation sites is 1. The molecular weight excluding hydrogens is 292 g/mol. The molecule has 23 heavy (non-hydrogen) atoms. The highest BCUT2D eigenvalue weighted by Crippen LogP contribution is 2.17. The highest BCUT2D eigenvalue weighted by atomic mass is 16.5. The van der Waals surface area contributed by atoms with E-state index < -0.39 is 0 Å². The van der Waals surface area contributed by atoms with Gasteiger partial charge in [-0.15, -0.1) is 0 Å². The largest absolute Gasteiger partial charge is 0.497 e. The van der Waals surface area contributed by atoms with Crippen LogP contribution >= 0.6 is 0 Å². The second kappa shape index (κ2) is 8.08. The van der Waals surface area contributed by atoms with Gasteiger partial charge in [-0.25, -0.2) is 4.79 Å². The number of carbonyl (C=O) groups is 1. The summed E-state index contributed by atoms with van der Waals surface area (Å²) in [4.78, 5) is 13.8. The van der Waals surface area contributed by atoms with Crippen LogP contribution in [0.4, 0.5) is 4.79 Å². The van der Waals surface area contributed by atoms with Crippen LogP contribution in [0, 0.1) is 0 Å². The maximum atomic E-state index is 12.2. The fraction of sp³-hybridized carbons (Fsp3) is 0.278. The van der Waals surface area contributed by atoms with Crippen molar-refractivity contribution in [1.29, 1.82) is 0 Å². The Morgan fingerprint density at radius 1 is 1.04 bits per heavy atom. The average molecular weight is 314 g/mol. The molecule has 0 aliphatic carbocycles. The first-order valence-electron chi connectivity index (χ1n) is 7.38. The fourth-order valence-electron chi connectivity index (χ4n) is 2.23. The minimum Gasteiger partial charge on any atom is -0.497 e. The van der Waals surface area contributed by atoms with Gasteiger partial charge in [0.05, 0.1) is 14.2 Å². The molecule has 0 heterocycles. The van der Waals surface area contributed by atoms with Crippen molar-refractivity contribution in [3.8, 4) is 11.5 Å². The lowest BCUT2D eigenvalue weighted by Gasteiger charge is -2.19. The van der Waals surface area contributed by atoms with E-state index in [0.717, 1.165) is 22.6 Å². The fourth-order valence-corrected chi connectivity index (χ4v) is 2.23. The molecule has 0 saturated heterocycles. The minimum atomic E-state index is -0.133. The summed E-state index contributed by atoms with van der Waals surface area (Å²) in [6, 6.07) is 15.2. The molecule has 0 bridgehead atoms. The molecule has 2 amide bonds. The van der Waals surface area contributed by atoms with Gasteiger partial charge in [0.2, 0.25) is 0 Å². The van der Waals surface area contributed by atoms with E-state index in [0.29, 0.717) is 13.1 Å². The Bertz CT molecular complexity index is 641. The van der Waals surface area contributed by atoms with Crippen molar-refractivity contribution >= 4 is 6.03 Å². The lowest BCUT2D eigenvalue weighted by atomic mass is 10.2. The van der Waals surface area contributed by atoms with Crippen LogP contribution in [0.3, 0.4) is 0 Å². The number of carbonyl (C=O) groups excluding carboxylic acids is 1. The standard InChI is InChI=1S/C18H22N2O3/c1-20(13-14-8-10-16(22-2)11-9-14)18(21)19-12-15-6-4-5-7-17(15)23-3/h4-11H,12-13H2,1-3H3,(H,19,21). The van der Waals surface area contributed by atoms with Crippen molar-refractivity contribution < 1.29 is 14.3 Å². The second-order valence-corrected chi connectivity index (χ2v) is 5.17. The molecule has 122 valence electrons. The van der Waals surface area contributed by atoms with E-state index in [1.54, 1.807) is 26.2 Å². The van der Waals surface area contributed by atoms with Crippen molar-refractivity contribution in [3.63, 3.8) is 0 Å². The molecule has 2 aromatic carbocycles. The van der Waals surface area contributed by atoms with Crippen LogP contribution in [0.15, 0.2) is 48.5 Å². The van der Waals surface area contributed by atoms with Gasteiger partial charge in [0.1, 0.15) is 11.5 Å². The van der Waals surface area contributed by atoms with E-state index in [2.05, 4.69) is 5.32 Å². The molecule has 1 N–H and O–H groups in total. The van der Waals surface area contributed by atoms with E-state index in [1.165, 1.54) is 0 Å². The van der Waals surface area contributed by atoms with Gasteiger partial charge in [-0.05, 0) is 23.8 Å². The smallest absolute Gasteiger partial charge is 0.317 e. The zero-order valence-electron chi connectivity index (χ0n) is 13.7. The third kappa shape index (κ3) is 4.64. The second-order valence-electron chi connectivity index (χ2n) is 5.17. The van der Waals surface area contributed by atoms with Gasteiger partial charge in [0.15, 0.2) is 0 Å². The Morgan fingerprint density at radius 3 is 2.39 bits per heavy atom. The number of urea groups is 1. The molecule has 0 aromatic heterocycles. The van der Waals surface area contributed by atoms with E-state index >= 15 is 0 Å². The summed E-state index contributed by atoms with van der Waals surface area (Å²) < 4.78 is 10.4. The molecule has 2 rings (SSSR count). The molecule has 2 aromatic rings. The molecule has 0 aliphatic rings. The Balaban J connectivity index is 1.89. The maximum absolute atomic E-state index is 12.2. The average Bonchev–Trinajstić information content (AvgIpc) is 2.60. The summed E-state index contributed by atoms with van der Waals surface area (Å²) in [6.07, 6.45) is 0. The van der Waals surface area contributed by atoms with Gasteiger partial charge >= 0.3 is 6.03 Å². The Morgan fingerprint density at radius 2 is 1.74 bits per heavy atom. The molecule has 0 saturated carbocycles. The van der Waals surface area contributed by atoms with Crippen LogP contribution in [0.1, 0.15) is 11.1 Å². The molecule has 0 unspecified atom stereocenters. The quantitative estimate of drug-likeness (QED) is 0.891. The summed E-state index contributed by atoms with van der Waals surface area (Å²) in [5.41, 5.74) is 1.99. The van der Waals surface area contributed by atoms with Crippen molar-refractivity contribution in [2.75, 3.05) is 21.3 Å². The summed E-state index contributed by atoms with van der Waals surface area (Å²) in [7, 11) is 5.02. The lowest BCUT2D eigenvalue weighted by Crippen LogP contribution is -2.36. The van der Waals surface area contributed by atoms with Crippen LogP contribution in [-0.2, 0) is 13.1 Å². The number of nitrogens with zero attached hydrogens (tertiary/aromatic N) is 1. The molecule has 0 radical (unpaired) electrons. The van der Waals surface area contributed by atoms with Gasteiger partial charge in [-0.1, -0.05) is 30.3 Å². The molecule has 0 spiro atoms. The number of benzene rings is 2. The molecule has 5 nitrogen and oxygen atoms in total. The summed E-state index contributed by atoms with van der Waals surface area (Å²) in [6.45, 7) is 0.956. The van der Waals surface area contributed by atoms with Gasteiger partial charge in [0, 0.05) is 25.7 Å². The lowest BCUT2D eigenvalue weighted by molar-refractivity contribution is 0.206. The number of nitrogens with one attached hydrogen (secondary N) is 1. The van der Waals surface area contributed by atoms with Crippen LogP contribution in [0.5, 0.6) is 11.5 Å². The third-order valence-electron chi connectivity index (χ3n) is 3.55. The van der Waals surface area contributed by atoms with E-state index in [1.807, 2.05) is 48.5 Å². The zero-order chi connectivity index (χ0) is 16.7. The number of ether oxygens (including phenoxy) is 2. The first kappa shape index (κ1) is 16.7. The number of amides is 2. The Hall–Kier alpha value is -2.69. The van der Waals surface area contributed by atoms with Crippen molar-refractivity contribution in [2.24, 2.45) is 0 Å². The summed E-state index contributed by atoms with van der Waals surface area (Å²) >= 11 is 0. The number of methoxy groups -OCH3 is 2. The van der Waals surface area contributed by atoms with Gasteiger partial charge < -0.3 is 19.7 Å². The highest BCUT2D eigenvalue weighted by Gasteiger charge is 2.10. The Labute approximate surface area is 136 Å². The van der Waals surface area contributed by atoms with Crippen LogP contribution in [0.2, 0.25) is 0 Å². The first-order chi connectivity index (χ1) is 11.1. The molecule has 0 aliphatic heterocycles. The summed E-state index contributed by atoms with van der Waals surface area (Å²) in [5, 5.41) is 2.90. The molecule has 0 atom stereocenters. The zero-order valence-corrected chi connectivity index (χ0v) is 13.7. The molecule has 5 heteroatoms. The SMILES string of the molecule is COc1ccc(CN(C)C(=O)NCc2ccccc2OC)cc1. The topological polar surface area (TPSA) is 50.8 Å². The van der Waals surface area contributed by atoms with Crippen LogP contribution in [-0.4, -0.2) is 32.2 Å². The monoisotopic (exact) mass is 314 g/mol. The van der Waals surface area contributed by atoms with Crippen LogP contribution < -0.4 is 14.8 Å². The first-order valence-corrected chi connectivity index (χ1v) is 7.38. The molecular formula is C18H22N2O3. The number of hydrogen-bond donors (Lipinski definition) is 1. The van der Waals surface area contributed by atoms with Gasteiger partial charge in [-0.2, -0.15) is 0 Å². The van der Waals surface area contributed by atoms with Gasteiger partial charge in [0.25, 0.3) is 0 Å². The number of rotatable bonds is 6. The normalized spacial score (nSPS) is 10.0. The number of hydrogen-bond acceptors (Lipinski definition) is 3. The predicted molar refractivity (Wildman–Crippen MR) is 89.7 cm³/mol. The predicted octanol–water partition coefficient (Wildman–Crippen LogP) is 3.05. The van der Waals surface area contributed by atoms with Crippen molar-refractivity contribution in [2.45, 2.75) is 13.1 Å². The van der Waals surface area contributed by atoms with E-state index in [4.69, 9.17) is 9.47 Å². The maximum Gasteiger partial charge on any atom is 0.317 e. The highest BCUT2D eigenvalue weighted by molar-refractivity contribution is 5.74. The Kier molecular flexibility index (Phi) is 5.86. The van der Waals surface area contributed by atoms with E-state index in [-0.39, 0.29) is 6.03 Å². The van der Waals surface area contributed by atoms with Crippen molar-refractivity contribution in [1.82, 2.24) is 10.2 Å². The van der Waals surface area contributed by atoms with Crippen LogP contribution in [0.25, 0.3) is 0 Å².